The number of carbonyl (C=O) groups is 3. The van der Waals surface area contributed by atoms with Gasteiger partial charge in [0.25, 0.3) is 0 Å². The third-order valence-corrected chi connectivity index (χ3v) is 8.94. The van der Waals surface area contributed by atoms with E-state index < -0.39 is 23.0 Å². The number of alkyl carbamates (subject to hydrolysis) is 1. The van der Waals surface area contributed by atoms with Gasteiger partial charge in [0.15, 0.2) is 0 Å². The van der Waals surface area contributed by atoms with Crippen molar-refractivity contribution in [3.05, 3.63) is 59.7 Å². The Balaban J connectivity index is 1.14. The molecule has 2 amide bonds. The molecule has 7 rings (SSSR count). The van der Waals surface area contributed by atoms with Gasteiger partial charge in [-0.25, -0.2) is 9.59 Å². The van der Waals surface area contributed by atoms with Gasteiger partial charge in [-0.1, -0.05) is 55.0 Å². The molecular weight excluding hydrogens is 444 g/mol. The summed E-state index contributed by atoms with van der Waals surface area (Å²) in [7, 11) is 0. The van der Waals surface area contributed by atoms with Crippen LogP contribution in [0.15, 0.2) is 48.5 Å². The highest BCUT2D eigenvalue weighted by Gasteiger charge is 2.65. The molecule has 2 N–H and O–H groups in total. The molecule has 4 fully saturated rings. The number of carboxylic acids is 1. The van der Waals surface area contributed by atoms with Crippen LogP contribution in [-0.4, -0.2) is 52.7 Å². The summed E-state index contributed by atoms with van der Waals surface area (Å²) in [6, 6.07) is 16.0. The molecule has 3 aliphatic carbocycles. The van der Waals surface area contributed by atoms with E-state index in [1.54, 1.807) is 4.90 Å². The Kier molecular flexibility index (Phi) is 4.95. The first kappa shape index (κ1) is 22.1. The second-order valence-corrected chi connectivity index (χ2v) is 10.9. The van der Waals surface area contributed by atoms with Gasteiger partial charge in [-0.05, 0) is 60.8 Å². The molecule has 2 aromatic rings. The van der Waals surface area contributed by atoms with Gasteiger partial charge in [0.05, 0.1) is 5.41 Å². The van der Waals surface area contributed by atoms with Gasteiger partial charge in [0.1, 0.15) is 12.1 Å². The summed E-state index contributed by atoms with van der Waals surface area (Å²) in [5, 5.41) is 12.8. The Labute approximate surface area is 204 Å². The summed E-state index contributed by atoms with van der Waals surface area (Å²) in [5.41, 5.74) is 2.75. The number of fused-ring (bicyclic) bond motifs is 4. The van der Waals surface area contributed by atoms with Gasteiger partial charge in [0.2, 0.25) is 5.91 Å². The summed E-state index contributed by atoms with van der Waals surface area (Å²) in [6.45, 7) is 2.58. The minimum atomic E-state index is -1.05. The first-order chi connectivity index (χ1) is 16.8. The molecule has 2 aliphatic heterocycles. The monoisotopic (exact) mass is 474 g/mol. The first-order valence-corrected chi connectivity index (χ1v) is 12.5. The zero-order chi connectivity index (χ0) is 24.4. The smallest absolute Gasteiger partial charge is 0.407 e. The van der Waals surface area contributed by atoms with Crippen LogP contribution in [0.5, 0.6) is 0 Å². The van der Waals surface area contributed by atoms with E-state index in [1.165, 1.54) is 11.1 Å². The molecule has 0 spiro atoms. The van der Waals surface area contributed by atoms with Crippen LogP contribution in [0.4, 0.5) is 4.79 Å². The van der Waals surface area contributed by atoms with Crippen molar-refractivity contribution in [2.24, 2.45) is 11.3 Å². The molecule has 182 valence electrons. The lowest BCUT2D eigenvalue weighted by Crippen LogP contribution is -2.60. The molecular formula is C28H30N2O5. The quantitative estimate of drug-likeness (QED) is 0.679. The van der Waals surface area contributed by atoms with Crippen LogP contribution in [0.3, 0.4) is 0 Å². The minimum absolute atomic E-state index is 0.0310. The average molecular weight is 475 g/mol. The Morgan fingerprint density at radius 3 is 2.31 bits per heavy atom. The number of ether oxygens (including phenoxy) is 1. The Hall–Kier alpha value is -3.35. The standard InChI is InChI=1S/C28H30N2O5/c1-27(24(31)30-15-17-13-28(30,14-17)25(32)33)12-6-11-23(27)29-26(34)35-16-22-20-9-4-2-7-18(20)19-8-3-5-10-21(19)22/h2-5,7-10,17,22-23H,6,11-16H2,1H3,(H,29,34)(H,32,33). The van der Waals surface area contributed by atoms with E-state index >= 15 is 0 Å². The van der Waals surface area contributed by atoms with Crippen LogP contribution in [0, 0.1) is 11.3 Å². The molecule has 2 saturated heterocycles. The zero-order valence-electron chi connectivity index (χ0n) is 19.8. The SMILES string of the molecule is CC1(C(=O)N2CC3CC2(C(=O)O)C3)CCCC1NC(=O)OCC1c2ccccc2-c2ccccc21. The second-order valence-electron chi connectivity index (χ2n) is 10.9. The molecule has 2 unspecified atom stereocenters. The summed E-state index contributed by atoms with van der Waals surface area (Å²) < 4.78 is 5.72. The van der Waals surface area contributed by atoms with E-state index in [1.807, 2.05) is 31.2 Å². The van der Waals surface area contributed by atoms with E-state index in [0.29, 0.717) is 32.2 Å². The van der Waals surface area contributed by atoms with Crippen molar-refractivity contribution in [1.29, 1.82) is 0 Å². The highest BCUT2D eigenvalue weighted by Crippen LogP contribution is 2.53. The van der Waals surface area contributed by atoms with Crippen LogP contribution in [0.25, 0.3) is 11.1 Å². The minimum Gasteiger partial charge on any atom is -0.479 e. The van der Waals surface area contributed by atoms with Crippen molar-refractivity contribution < 1.29 is 24.2 Å². The normalized spacial score (nSPS) is 30.4. The Bertz CT molecular complexity index is 1170. The largest absolute Gasteiger partial charge is 0.479 e. The predicted molar refractivity (Wildman–Crippen MR) is 129 cm³/mol. The fourth-order valence-corrected chi connectivity index (χ4v) is 6.99. The van der Waals surface area contributed by atoms with Gasteiger partial charge in [-0.2, -0.15) is 0 Å². The Morgan fingerprint density at radius 1 is 1.06 bits per heavy atom. The number of hydrogen-bond donors (Lipinski definition) is 2. The highest BCUT2D eigenvalue weighted by molar-refractivity contribution is 5.93. The lowest BCUT2D eigenvalue weighted by molar-refractivity contribution is -0.162. The second kappa shape index (κ2) is 7.83. The third-order valence-electron chi connectivity index (χ3n) is 8.94. The summed E-state index contributed by atoms with van der Waals surface area (Å²) in [5.74, 6) is -0.825. The van der Waals surface area contributed by atoms with Crippen molar-refractivity contribution in [3.63, 3.8) is 0 Å². The molecule has 7 heteroatoms. The maximum Gasteiger partial charge on any atom is 0.407 e. The first-order valence-electron chi connectivity index (χ1n) is 12.5. The summed E-state index contributed by atoms with van der Waals surface area (Å²) in [4.78, 5) is 40.1. The molecule has 2 heterocycles. The van der Waals surface area contributed by atoms with E-state index in [0.717, 1.165) is 17.5 Å². The number of aliphatic carboxylic acids is 1. The van der Waals surface area contributed by atoms with E-state index in [4.69, 9.17) is 4.74 Å². The molecule has 2 saturated carbocycles. The zero-order valence-corrected chi connectivity index (χ0v) is 19.8. The van der Waals surface area contributed by atoms with Crippen LogP contribution in [0.2, 0.25) is 0 Å². The molecule has 7 nitrogen and oxygen atoms in total. The van der Waals surface area contributed by atoms with Crippen molar-refractivity contribution in [2.75, 3.05) is 13.2 Å². The van der Waals surface area contributed by atoms with Crippen LogP contribution >= 0.6 is 0 Å². The van der Waals surface area contributed by atoms with Crippen molar-refractivity contribution in [3.8, 4) is 11.1 Å². The van der Waals surface area contributed by atoms with E-state index in [2.05, 4.69) is 29.6 Å². The van der Waals surface area contributed by atoms with Crippen molar-refractivity contribution in [2.45, 2.75) is 56.5 Å². The van der Waals surface area contributed by atoms with Crippen LogP contribution in [0.1, 0.15) is 56.1 Å². The number of rotatable bonds is 5. The molecule has 2 aromatic carbocycles. The van der Waals surface area contributed by atoms with Gasteiger partial charge < -0.3 is 20.1 Å². The van der Waals surface area contributed by atoms with Crippen molar-refractivity contribution in [1.82, 2.24) is 10.2 Å². The lowest BCUT2D eigenvalue weighted by atomic mass is 9.72. The molecule has 5 aliphatic rings. The Morgan fingerprint density at radius 2 is 1.69 bits per heavy atom. The number of carboxylic acid groups (broad SMARTS) is 1. The fraction of sp³-hybridized carbons (Fsp3) is 0.464. The van der Waals surface area contributed by atoms with Gasteiger partial charge in [0, 0.05) is 18.5 Å². The van der Waals surface area contributed by atoms with Gasteiger partial charge >= 0.3 is 12.1 Å². The number of benzene rings is 2. The lowest BCUT2D eigenvalue weighted by Gasteiger charge is -2.42. The average Bonchev–Trinajstić information content (AvgIpc) is 3.57. The van der Waals surface area contributed by atoms with Crippen LogP contribution < -0.4 is 5.32 Å². The molecule has 0 aromatic heterocycles. The fourth-order valence-electron chi connectivity index (χ4n) is 6.99. The van der Waals surface area contributed by atoms with Gasteiger partial charge in [-0.15, -0.1) is 0 Å². The topological polar surface area (TPSA) is 95.9 Å². The third kappa shape index (κ3) is 3.20. The summed E-state index contributed by atoms with van der Waals surface area (Å²) in [6.07, 6.45) is 2.63. The maximum atomic E-state index is 13.6. The molecule has 2 bridgehead atoms. The molecule has 35 heavy (non-hydrogen) atoms. The maximum absolute atomic E-state index is 13.6. The van der Waals surface area contributed by atoms with Gasteiger partial charge in [-0.3, -0.25) is 4.79 Å². The van der Waals surface area contributed by atoms with E-state index in [-0.39, 0.29) is 30.4 Å². The number of nitrogens with zero attached hydrogens (tertiary/aromatic N) is 1. The molecule has 0 radical (unpaired) electrons. The van der Waals surface area contributed by atoms with E-state index in [9.17, 15) is 19.5 Å². The van der Waals surface area contributed by atoms with Crippen molar-refractivity contribution >= 4 is 18.0 Å². The van der Waals surface area contributed by atoms with Crippen LogP contribution in [-0.2, 0) is 14.3 Å². The molecule has 2 atom stereocenters. The number of nitrogens with one attached hydrogen (secondary N) is 1. The summed E-state index contributed by atoms with van der Waals surface area (Å²) >= 11 is 0. The number of amides is 2. The predicted octanol–water partition coefficient (Wildman–Crippen LogP) is 4.16. The number of hydrogen-bond acceptors (Lipinski definition) is 4. The highest BCUT2D eigenvalue weighted by atomic mass is 16.5. The number of carbonyl (C=O) groups excluding carboxylic acids is 2.